The van der Waals surface area contributed by atoms with Crippen LogP contribution >= 0.6 is 0 Å². The van der Waals surface area contributed by atoms with E-state index in [0.717, 1.165) is 19.6 Å². The lowest BCUT2D eigenvalue weighted by Crippen LogP contribution is -2.37. The Morgan fingerprint density at radius 1 is 1.45 bits per heavy atom. The highest BCUT2D eigenvalue weighted by molar-refractivity contribution is 4.85. The average molecular weight is 159 g/mol. The Hall–Kier alpha value is -0.120. The van der Waals surface area contributed by atoms with Crippen molar-refractivity contribution in [2.24, 2.45) is 0 Å². The zero-order valence-corrected chi connectivity index (χ0v) is 7.54. The van der Waals surface area contributed by atoms with Gasteiger partial charge in [0, 0.05) is 20.8 Å². The third-order valence-corrected chi connectivity index (χ3v) is 2.40. The molecule has 0 amide bonds. The lowest BCUT2D eigenvalue weighted by molar-refractivity contribution is 0.0310. The predicted molar refractivity (Wildman–Crippen MR) is 43.7 cm³/mol. The van der Waals surface area contributed by atoms with Crippen LogP contribution in [-0.4, -0.2) is 51.5 Å². The van der Waals surface area contributed by atoms with E-state index in [0.29, 0.717) is 12.1 Å². The van der Waals surface area contributed by atoms with Crippen molar-refractivity contribution in [3.8, 4) is 0 Å². The van der Waals surface area contributed by atoms with Crippen molar-refractivity contribution < 1.29 is 9.47 Å². The van der Waals surface area contributed by atoms with E-state index >= 15 is 0 Å². The van der Waals surface area contributed by atoms with Gasteiger partial charge in [-0.1, -0.05) is 0 Å². The molecule has 3 nitrogen and oxygen atoms in total. The Labute approximate surface area is 68.3 Å². The molecule has 0 bridgehead atoms. The number of hydrogen-bond acceptors (Lipinski definition) is 3. The average Bonchev–Trinajstić information content (AvgIpc) is 2.34. The lowest BCUT2D eigenvalue weighted by atomic mass is 10.2. The Kier molecular flexibility index (Phi) is 3.30. The summed E-state index contributed by atoms with van der Waals surface area (Å²) in [5, 5.41) is 0. The summed E-state index contributed by atoms with van der Waals surface area (Å²) in [6, 6.07) is 0.449. The highest BCUT2D eigenvalue weighted by Gasteiger charge is 2.31. The summed E-state index contributed by atoms with van der Waals surface area (Å²) in [5.41, 5.74) is 0. The molecule has 3 heteroatoms. The molecule has 0 aliphatic carbocycles. The number of methoxy groups -OCH3 is 2. The van der Waals surface area contributed by atoms with Crippen LogP contribution in [0.2, 0.25) is 0 Å². The number of likely N-dealkylation sites (tertiary alicyclic amines) is 1. The van der Waals surface area contributed by atoms with Gasteiger partial charge in [0.1, 0.15) is 0 Å². The zero-order chi connectivity index (χ0) is 8.27. The van der Waals surface area contributed by atoms with Crippen LogP contribution in [0.1, 0.15) is 6.42 Å². The van der Waals surface area contributed by atoms with Crippen LogP contribution in [0.25, 0.3) is 0 Å². The fraction of sp³-hybridized carbons (Fsp3) is 1.00. The number of ether oxygens (including phenoxy) is 2. The molecule has 0 aromatic heterocycles. The van der Waals surface area contributed by atoms with Crippen molar-refractivity contribution in [2.75, 3.05) is 34.4 Å². The molecular formula is C8H17NO2. The highest BCUT2D eigenvalue weighted by Crippen LogP contribution is 2.18. The van der Waals surface area contributed by atoms with Gasteiger partial charge in [-0.2, -0.15) is 0 Å². The highest BCUT2D eigenvalue weighted by atomic mass is 16.5. The fourth-order valence-electron chi connectivity index (χ4n) is 1.65. The number of likely N-dealkylation sites (N-methyl/N-ethyl adjacent to an activating group) is 1. The molecule has 0 radical (unpaired) electrons. The van der Waals surface area contributed by atoms with Crippen molar-refractivity contribution in [1.82, 2.24) is 4.90 Å². The Bertz CT molecular complexity index is 119. The van der Waals surface area contributed by atoms with Gasteiger partial charge in [-0.05, 0) is 13.5 Å². The minimum atomic E-state index is 0.361. The second kappa shape index (κ2) is 4.04. The molecule has 11 heavy (non-hydrogen) atoms. The quantitative estimate of drug-likeness (QED) is 0.593. The number of hydrogen-bond donors (Lipinski definition) is 0. The second-order valence-corrected chi connectivity index (χ2v) is 3.07. The summed E-state index contributed by atoms with van der Waals surface area (Å²) < 4.78 is 10.4. The first-order valence-electron chi connectivity index (χ1n) is 4.01. The van der Waals surface area contributed by atoms with E-state index in [2.05, 4.69) is 11.9 Å². The maximum atomic E-state index is 5.33. The molecule has 1 rings (SSSR count). The molecule has 0 unspecified atom stereocenters. The molecule has 1 saturated heterocycles. The summed E-state index contributed by atoms with van der Waals surface area (Å²) in [7, 11) is 5.62. The molecule has 1 aliphatic rings. The van der Waals surface area contributed by atoms with Crippen molar-refractivity contribution in [2.45, 2.75) is 18.6 Å². The molecule has 1 aliphatic heterocycles. The minimum absolute atomic E-state index is 0.361. The van der Waals surface area contributed by atoms with E-state index in [9.17, 15) is 0 Å². The first-order chi connectivity index (χ1) is 5.29. The van der Waals surface area contributed by atoms with Crippen LogP contribution in [0.5, 0.6) is 0 Å². The first kappa shape index (κ1) is 8.97. The summed E-state index contributed by atoms with van der Waals surface area (Å²) in [6.07, 6.45) is 1.49. The molecule has 66 valence electrons. The van der Waals surface area contributed by atoms with E-state index in [4.69, 9.17) is 9.47 Å². The predicted octanol–water partition coefficient (Wildman–Crippen LogP) is 0.352. The summed E-state index contributed by atoms with van der Waals surface area (Å²) in [4.78, 5) is 2.29. The molecule has 0 N–H and O–H groups in total. The minimum Gasteiger partial charge on any atom is -0.383 e. The molecule has 2 atom stereocenters. The molecule has 0 saturated carbocycles. The van der Waals surface area contributed by atoms with Crippen LogP contribution in [0.4, 0.5) is 0 Å². The van der Waals surface area contributed by atoms with Crippen molar-refractivity contribution >= 4 is 0 Å². The Morgan fingerprint density at radius 3 is 2.73 bits per heavy atom. The summed E-state index contributed by atoms with van der Waals surface area (Å²) in [6.45, 7) is 1.89. The fourth-order valence-corrected chi connectivity index (χ4v) is 1.65. The molecule has 1 fully saturated rings. The molecule has 0 aromatic rings. The Balaban J connectivity index is 2.42. The third kappa shape index (κ3) is 1.92. The molecule has 1 heterocycles. The van der Waals surface area contributed by atoms with Gasteiger partial charge in [0.25, 0.3) is 0 Å². The Morgan fingerprint density at radius 2 is 2.18 bits per heavy atom. The molecule has 0 spiro atoms. The normalized spacial score (nSPS) is 33.0. The summed E-state index contributed by atoms with van der Waals surface area (Å²) >= 11 is 0. The van der Waals surface area contributed by atoms with Gasteiger partial charge in [0.15, 0.2) is 0 Å². The van der Waals surface area contributed by atoms with Crippen LogP contribution < -0.4 is 0 Å². The van der Waals surface area contributed by atoms with Crippen LogP contribution in [0.15, 0.2) is 0 Å². The van der Waals surface area contributed by atoms with Crippen LogP contribution in [0, 0.1) is 0 Å². The lowest BCUT2D eigenvalue weighted by Gasteiger charge is -2.22. The van der Waals surface area contributed by atoms with E-state index < -0.39 is 0 Å². The molecule has 0 aromatic carbocycles. The van der Waals surface area contributed by atoms with Gasteiger partial charge in [-0.3, -0.25) is 4.90 Å². The zero-order valence-electron chi connectivity index (χ0n) is 7.54. The van der Waals surface area contributed by atoms with Crippen molar-refractivity contribution in [3.63, 3.8) is 0 Å². The standard InChI is InChI=1S/C8H17NO2/c1-9-5-4-8(11-3)7(9)6-10-2/h7-8H,4-6H2,1-3H3/t7-,8-/m1/s1. The number of nitrogens with zero attached hydrogens (tertiary/aromatic N) is 1. The van der Waals surface area contributed by atoms with E-state index in [1.54, 1.807) is 14.2 Å². The van der Waals surface area contributed by atoms with Crippen molar-refractivity contribution in [1.29, 1.82) is 0 Å². The maximum absolute atomic E-state index is 5.33. The van der Waals surface area contributed by atoms with Gasteiger partial charge in [-0.25, -0.2) is 0 Å². The van der Waals surface area contributed by atoms with Crippen molar-refractivity contribution in [3.05, 3.63) is 0 Å². The third-order valence-electron chi connectivity index (χ3n) is 2.40. The van der Waals surface area contributed by atoms with Gasteiger partial charge in [0.2, 0.25) is 0 Å². The van der Waals surface area contributed by atoms with E-state index in [1.165, 1.54) is 0 Å². The second-order valence-electron chi connectivity index (χ2n) is 3.07. The van der Waals surface area contributed by atoms with Gasteiger partial charge in [0.05, 0.1) is 18.8 Å². The largest absolute Gasteiger partial charge is 0.383 e. The van der Waals surface area contributed by atoms with E-state index in [-0.39, 0.29) is 0 Å². The maximum Gasteiger partial charge on any atom is 0.0761 e. The van der Waals surface area contributed by atoms with Crippen LogP contribution in [0.3, 0.4) is 0 Å². The summed E-state index contributed by atoms with van der Waals surface area (Å²) in [5.74, 6) is 0. The van der Waals surface area contributed by atoms with Gasteiger partial charge >= 0.3 is 0 Å². The topological polar surface area (TPSA) is 21.7 Å². The number of rotatable bonds is 3. The SMILES string of the molecule is COC[C@@H]1[C@H](OC)CCN1C. The first-order valence-corrected chi connectivity index (χ1v) is 4.01. The van der Waals surface area contributed by atoms with Gasteiger partial charge in [-0.15, -0.1) is 0 Å². The molecular weight excluding hydrogens is 142 g/mol. The van der Waals surface area contributed by atoms with Gasteiger partial charge < -0.3 is 9.47 Å². The van der Waals surface area contributed by atoms with E-state index in [1.807, 2.05) is 0 Å². The van der Waals surface area contributed by atoms with Crippen LogP contribution in [-0.2, 0) is 9.47 Å². The monoisotopic (exact) mass is 159 g/mol. The smallest absolute Gasteiger partial charge is 0.0761 e.